The number of nitrogens with zero attached hydrogens (tertiary/aromatic N) is 1. The van der Waals surface area contributed by atoms with Crippen molar-refractivity contribution < 1.29 is 4.92 Å². The lowest BCUT2D eigenvalue weighted by molar-refractivity contribution is -0.385. The maximum absolute atomic E-state index is 10.4. The number of hydrazine groups is 1. The van der Waals surface area contributed by atoms with E-state index >= 15 is 0 Å². The van der Waals surface area contributed by atoms with E-state index in [1.807, 2.05) is 0 Å². The number of hydrogen-bond acceptors (Lipinski definition) is 4. The molecule has 13 heavy (non-hydrogen) atoms. The van der Waals surface area contributed by atoms with Gasteiger partial charge in [0, 0.05) is 23.2 Å². The summed E-state index contributed by atoms with van der Waals surface area (Å²) >= 11 is 3.18. The van der Waals surface area contributed by atoms with Crippen molar-refractivity contribution in [2.45, 2.75) is 6.54 Å². The lowest BCUT2D eigenvalue weighted by atomic mass is 10.2. The fourth-order valence-electron chi connectivity index (χ4n) is 0.959. The quantitative estimate of drug-likeness (QED) is 0.478. The summed E-state index contributed by atoms with van der Waals surface area (Å²) in [5, 5.41) is 10.4. The monoisotopic (exact) mass is 245 g/mol. The zero-order chi connectivity index (χ0) is 9.84. The van der Waals surface area contributed by atoms with Crippen molar-refractivity contribution in [3.63, 3.8) is 0 Å². The molecule has 0 aliphatic heterocycles. The first kappa shape index (κ1) is 10.1. The summed E-state index contributed by atoms with van der Waals surface area (Å²) in [4.78, 5) is 10.0. The first-order valence-electron chi connectivity index (χ1n) is 3.51. The molecule has 0 amide bonds. The van der Waals surface area contributed by atoms with E-state index in [-0.39, 0.29) is 5.69 Å². The Hall–Kier alpha value is -0.980. The van der Waals surface area contributed by atoms with Crippen molar-refractivity contribution in [1.29, 1.82) is 0 Å². The average Bonchev–Trinajstić information content (AvgIpc) is 2.03. The Labute approximate surface area is 83.2 Å². The van der Waals surface area contributed by atoms with Crippen LogP contribution in [0.4, 0.5) is 5.69 Å². The van der Waals surface area contributed by atoms with E-state index in [2.05, 4.69) is 21.4 Å². The van der Waals surface area contributed by atoms with Crippen molar-refractivity contribution in [2.24, 2.45) is 5.84 Å². The third kappa shape index (κ3) is 2.76. The summed E-state index contributed by atoms with van der Waals surface area (Å²) in [6.07, 6.45) is 0. The van der Waals surface area contributed by atoms with Gasteiger partial charge < -0.3 is 0 Å². The van der Waals surface area contributed by atoms with Gasteiger partial charge in [0.15, 0.2) is 0 Å². The fraction of sp³-hybridized carbons (Fsp3) is 0.143. The lowest BCUT2D eigenvalue weighted by Crippen LogP contribution is -2.20. The standard InChI is InChI=1S/C7H8BrN3O2/c8-6-1-5(4-10-9)2-7(3-6)11(12)13/h1-3,10H,4,9H2. The van der Waals surface area contributed by atoms with Crippen LogP contribution in [0.25, 0.3) is 0 Å². The van der Waals surface area contributed by atoms with Gasteiger partial charge in [-0.25, -0.2) is 0 Å². The molecule has 0 aliphatic carbocycles. The summed E-state index contributed by atoms with van der Waals surface area (Å²) < 4.78 is 0.673. The first-order valence-corrected chi connectivity index (χ1v) is 4.30. The van der Waals surface area contributed by atoms with Crippen LogP contribution in [0.2, 0.25) is 0 Å². The highest BCUT2D eigenvalue weighted by molar-refractivity contribution is 9.10. The van der Waals surface area contributed by atoms with Gasteiger partial charge in [0.25, 0.3) is 5.69 Å². The number of nitrogens with one attached hydrogen (secondary N) is 1. The van der Waals surface area contributed by atoms with E-state index in [9.17, 15) is 10.1 Å². The first-order chi connectivity index (χ1) is 6.13. The van der Waals surface area contributed by atoms with E-state index in [0.29, 0.717) is 11.0 Å². The molecule has 0 radical (unpaired) electrons. The number of benzene rings is 1. The average molecular weight is 246 g/mol. The molecule has 6 heteroatoms. The lowest BCUT2D eigenvalue weighted by Gasteiger charge is -2.00. The predicted octanol–water partition coefficient (Wildman–Crippen LogP) is 1.32. The second-order valence-electron chi connectivity index (χ2n) is 2.46. The summed E-state index contributed by atoms with van der Waals surface area (Å²) in [5.41, 5.74) is 3.26. The number of nitro benzene ring substituents is 1. The van der Waals surface area contributed by atoms with Crippen LogP contribution in [-0.4, -0.2) is 4.92 Å². The molecule has 0 atom stereocenters. The SMILES string of the molecule is NNCc1cc(Br)cc([N+](=O)[O-])c1. The molecule has 1 rings (SSSR count). The molecule has 0 fully saturated rings. The van der Waals surface area contributed by atoms with Crippen molar-refractivity contribution in [1.82, 2.24) is 5.43 Å². The Morgan fingerprint density at radius 2 is 2.23 bits per heavy atom. The molecule has 1 aromatic rings. The molecule has 3 N–H and O–H groups in total. The van der Waals surface area contributed by atoms with Crippen LogP contribution < -0.4 is 11.3 Å². The molecule has 0 spiro atoms. The number of hydrogen-bond donors (Lipinski definition) is 2. The summed E-state index contributed by atoms with van der Waals surface area (Å²) in [7, 11) is 0. The Morgan fingerprint density at radius 3 is 2.77 bits per heavy atom. The molecular weight excluding hydrogens is 238 g/mol. The van der Waals surface area contributed by atoms with E-state index in [1.54, 1.807) is 6.07 Å². The van der Waals surface area contributed by atoms with Gasteiger partial charge in [0.05, 0.1) is 4.92 Å². The summed E-state index contributed by atoms with van der Waals surface area (Å²) in [6.45, 7) is 0.403. The maximum atomic E-state index is 10.4. The zero-order valence-corrected chi connectivity index (χ0v) is 8.24. The van der Waals surface area contributed by atoms with E-state index in [1.165, 1.54) is 12.1 Å². The summed E-state index contributed by atoms with van der Waals surface area (Å²) in [6, 6.07) is 4.69. The van der Waals surface area contributed by atoms with Crippen LogP contribution >= 0.6 is 15.9 Å². The second-order valence-corrected chi connectivity index (χ2v) is 3.37. The molecule has 0 saturated carbocycles. The van der Waals surface area contributed by atoms with E-state index in [0.717, 1.165) is 5.56 Å². The van der Waals surface area contributed by atoms with Gasteiger partial charge in [0.1, 0.15) is 0 Å². The second kappa shape index (κ2) is 4.31. The van der Waals surface area contributed by atoms with Crippen LogP contribution in [0.1, 0.15) is 5.56 Å². The highest BCUT2D eigenvalue weighted by atomic mass is 79.9. The number of rotatable bonds is 3. The van der Waals surface area contributed by atoms with Gasteiger partial charge >= 0.3 is 0 Å². The van der Waals surface area contributed by atoms with Gasteiger partial charge in [-0.1, -0.05) is 15.9 Å². The third-order valence-corrected chi connectivity index (χ3v) is 1.92. The maximum Gasteiger partial charge on any atom is 0.270 e. The van der Waals surface area contributed by atoms with Gasteiger partial charge in [-0.2, -0.15) is 0 Å². The van der Waals surface area contributed by atoms with Crippen LogP contribution in [-0.2, 0) is 6.54 Å². The zero-order valence-electron chi connectivity index (χ0n) is 6.66. The minimum Gasteiger partial charge on any atom is -0.271 e. The molecule has 0 aliphatic rings. The fourth-order valence-corrected chi connectivity index (χ4v) is 1.49. The molecule has 0 aromatic heterocycles. The van der Waals surface area contributed by atoms with Crippen molar-refractivity contribution >= 4 is 21.6 Å². The normalized spacial score (nSPS) is 10.0. The number of halogens is 1. The molecule has 5 nitrogen and oxygen atoms in total. The number of nitro groups is 1. The molecule has 70 valence electrons. The van der Waals surface area contributed by atoms with Crippen LogP contribution in [0.3, 0.4) is 0 Å². The molecule has 1 aromatic carbocycles. The van der Waals surface area contributed by atoms with Crippen LogP contribution in [0.15, 0.2) is 22.7 Å². The topological polar surface area (TPSA) is 81.2 Å². The Kier molecular flexibility index (Phi) is 3.35. The highest BCUT2D eigenvalue weighted by Crippen LogP contribution is 2.20. The molecular formula is C7H8BrN3O2. The smallest absolute Gasteiger partial charge is 0.270 e. The highest BCUT2D eigenvalue weighted by Gasteiger charge is 2.07. The van der Waals surface area contributed by atoms with Crippen LogP contribution in [0, 0.1) is 10.1 Å². The Bertz CT molecular complexity index is 330. The van der Waals surface area contributed by atoms with Crippen LogP contribution in [0.5, 0.6) is 0 Å². The molecule has 0 saturated heterocycles. The Balaban J connectivity index is 3.03. The predicted molar refractivity (Wildman–Crippen MR) is 51.8 cm³/mol. The van der Waals surface area contributed by atoms with Gasteiger partial charge in [-0.15, -0.1) is 0 Å². The van der Waals surface area contributed by atoms with Crippen molar-refractivity contribution in [3.05, 3.63) is 38.3 Å². The largest absolute Gasteiger partial charge is 0.271 e. The van der Waals surface area contributed by atoms with Crippen molar-refractivity contribution in [2.75, 3.05) is 0 Å². The van der Waals surface area contributed by atoms with Gasteiger partial charge in [0.2, 0.25) is 0 Å². The Morgan fingerprint density at radius 1 is 1.54 bits per heavy atom. The minimum atomic E-state index is -0.440. The van der Waals surface area contributed by atoms with Gasteiger partial charge in [-0.3, -0.25) is 21.4 Å². The van der Waals surface area contributed by atoms with E-state index in [4.69, 9.17) is 5.84 Å². The van der Waals surface area contributed by atoms with Gasteiger partial charge in [-0.05, 0) is 11.6 Å². The molecule has 0 unspecified atom stereocenters. The third-order valence-electron chi connectivity index (χ3n) is 1.46. The number of non-ortho nitro benzene ring substituents is 1. The van der Waals surface area contributed by atoms with E-state index < -0.39 is 4.92 Å². The van der Waals surface area contributed by atoms with Crippen molar-refractivity contribution in [3.8, 4) is 0 Å². The minimum absolute atomic E-state index is 0.0552. The number of nitrogens with two attached hydrogens (primary N) is 1. The molecule has 0 bridgehead atoms. The molecule has 0 heterocycles. The summed E-state index contributed by atoms with van der Waals surface area (Å²) in [5.74, 6) is 5.10.